The number of nitrogens with one attached hydrogen (secondary N) is 2. The zero-order chi connectivity index (χ0) is 19.8. The van der Waals surface area contributed by atoms with Crippen LogP contribution in [0.1, 0.15) is 40.2 Å². The first-order valence-electron chi connectivity index (χ1n) is 9.54. The Morgan fingerprint density at radius 2 is 1.89 bits per heavy atom. The highest BCUT2D eigenvalue weighted by molar-refractivity contribution is 5.99. The summed E-state index contributed by atoms with van der Waals surface area (Å²) in [6, 6.07) is 7.79. The van der Waals surface area contributed by atoms with Gasteiger partial charge in [-0.15, -0.1) is 0 Å². The summed E-state index contributed by atoms with van der Waals surface area (Å²) < 4.78 is 4.97. The second kappa shape index (κ2) is 7.14. The molecule has 0 unspecified atom stereocenters. The van der Waals surface area contributed by atoms with Gasteiger partial charge in [-0.25, -0.2) is 0 Å². The molecule has 2 N–H and O–H groups in total. The second-order valence-corrected chi connectivity index (χ2v) is 7.60. The lowest BCUT2D eigenvalue weighted by Crippen LogP contribution is -2.41. The van der Waals surface area contributed by atoms with Crippen LogP contribution >= 0.6 is 0 Å². The van der Waals surface area contributed by atoms with E-state index < -0.39 is 0 Å². The van der Waals surface area contributed by atoms with Crippen LogP contribution in [0.25, 0.3) is 10.9 Å². The number of aromatic nitrogens is 2. The van der Waals surface area contributed by atoms with E-state index in [1.165, 1.54) is 5.56 Å². The standard InChI is InChI=1S/C21H24N4O3/c1-12-8-13(2)16-11-18(22-17(16)9-12)21(27)25-6-4-15(5-7-25)20(26)23-19-10-14(3)28-24-19/h8-11,15,22H,4-7H2,1-3H3,(H,23,24,26). The molecular weight excluding hydrogens is 356 g/mol. The van der Waals surface area contributed by atoms with Gasteiger partial charge in [0.1, 0.15) is 11.5 Å². The number of H-pyrrole nitrogens is 1. The SMILES string of the molecule is Cc1cc(C)c2cc(C(=O)N3CCC(C(=O)Nc4cc(C)on4)CC3)[nH]c2c1. The molecule has 2 aromatic heterocycles. The fraction of sp³-hybridized carbons (Fsp3) is 0.381. The predicted octanol–water partition coefficient (Wildman–Crippen LogP) is 3.57. The Morgan fingerprint density at radius 3 is 2.57 bits per heavy atom. The lowest BCUT2D eigenvalue weighted by atomic mass is 9.95. The van der Waals surface area contributed by atoms with Gasteiger partial charge in [0.2, 0.25) is 5.91 Å². The van der Waals surface area contributed by atoms with Crippen LogP contribution in [0.3, 0.4) is 0 Å². The predicted molar refractivity (Wildman–Crippen MR) is 106 cm³/mol. The van der Waals surface area contributed by atoms with Crippen LogP contribution in [-0.4, -0.2) is 39.9 Å². The van der Waals surface area contributed by atoms with Crippen LogP contribution < -0.4 is 5.32 Å². The van der Waals surface area contributed by atoms with Crippen LogP contribution in [0.15, 0.2) is 28.8 Å². The molecule has 7 nitrogen and oxygen atoms in total. The number of aromatic amines is 1. The molecule has 1 saturated heterocycles. The summed E-state index contributed by atoms with van der Waals surface area (Å²) in [5.41, 5.74) is 3.91. The smallest absolute Gasteiger partial charge is 0.270 e. The van der Waals surface area contributed by atoms with Crippen molar-refractivity contribution >= 4 is 28.5 Å². The lowest BCUT2D eigenvalue weighted by molar-refractivity contribution is -0.121. The maximum absolute atomic E-state index is 12.9. The van der Waals surface area contributed by atoms with Crippen molar-refractivity contribution < 1.29 is 14.1 Å². The number of rotatable bonds is 3. The summed E-state index contributed by atoms with van der Waals surface area (Å²) >= 11 is 0. The molecule has 0 atom stereocenters. The van der Waals surface area contributed by atoms with Crippen molar-refractivity contribution in [1.82, 2.24) is 15.0 Å². The third-order valence-corrected chi connectivity index (χ3v) is 5.35. The Bertz CT molecular complexity index is 1040. The molecule has 28 heavy (non-hydrogen) atoms. The summed E-state index contributed by atoms with van der Waals surface area (Å²) in [6.07, 6.45) is 1.26. The van der Waals surface area contributed by atoms with Crippen molar-refractivity contribution in [2.24, 2.45) is 5.92 Å². The number of aryl methyl sites for hydroxylation is 3. The number of nitrogens with zero attached hydrogens (tertiary/aromatic N) is 2. The highest BCUT2D eigenvalue weighted by Gasteiger charge is 2.29. The minimum absolute atomic E-state index is 0.0146. The summed E-state index contributed by atoms with van der Waals surface area (Å²) in [7, 11) is 0. The highest BCUT2D eigenvalue weighted by atomic mass is 16.5. The van der Waals surface area contributed by atoms with Crippen molar-refractivity contribution in [3.63, 3.8) is 0 Å². The minimum atomic E-state index is -0.131. The molecule has 0 bridgehead atoms. The zero-order valence-electron chi connectivity index (χ0n) is 16.3. The van der Waals surface area contributed by atoms with E-state index in [1.54, 1.807) is 13.0 Å². The van der Waals surface area contributed by atoms with Crippen LogP contribution in [-0.2, 0) is 4.79 Å². The van der Waals surface area contributed by atoms with Crippen LogP contribution in [0, 0.1) is 26.7 Å². The Labute approximate surface area is 163 Å². The maximum Gasteiger partial charge on any atom is 0.270 e. The number of likely N-dealkylation sites (tertiary alicyclic amines) is 1. The van der Waals surface area contributed by atoms with E-state index in [0.717, 1.165) is 16.5 Å². The Hall–Kier alpha value is -3.09. The van der Waals surface area contributed by atoms with Gasteiger partial charge in [0.15, 0.2) is 5.82 Å². The van der Waals surface area contributed by atoms with E-state index >= 15 is 0 Å². The van der Waals surface area contributed by atoms with E-state index in [-0.39, 0.29) is 17.7 Å². The number of anilines is 1. The van der Waals surface area contributed by atoms with Gasteiger partial charge in [0.25, 0.3) is 5.91 Å². The maximum atomic E-state index is 12.9. The average Bonchev–Trinajstić information content (AvgIpc) is 3.27. The van der Waals surface area contributed by atoms with Crippen LogP contribution in [0.5, 0.6) is 0 Å². The van der Waals surface area contributed by atoms with Gasteiger partial charge in [-0.1, -0.05) is 11.2 Å². The Balaban J connectivity index is 1.40. The number of piperidine rings is 1. The fourth-order valence-corrected chi connectivity index (χ4v) is 3.88. The number of fused-ring (bicyclic) bond motifs is 1. The number of hydrogen-bond acceptors (Lipinski definition) is 4. The summed E-state index contributed by atoms with van der Waals surface area (Å²) in [6.45, 7) is 6.99. The summed E-state index contributed by atoms with van der Waals surface area (Å²) in [4.78, 5) is 30.4. The minimum Gasteiger partial charge on any atom is -0.360 e. The van der Waals surface area contributed by atoms with E-state index in [1.807, 2.05) is 17.9 Å². The molecule has 0 radical (unpaired) electrons. The van der Waals surface area contributed by atoms with E-state index in [2.05, 4.69) is 34.5 Å². The number of amides is 2. The lowest BCUT2D eigenvalue weighted by Gasteiger charge is -2.30. The van der Waals surface area contributed by atoms with Gasteiger partial charge in [0.05, 0.1) is 0 Å². The van der Waals surface area contributed by atoms with Gasteiger partial charge in [-0.3, -0.25) is 9.59 Å². The zero-order valence-corrected chi connectivity index (χ0v) is 16.3. The first-order chi connectivity index (χ1) is 13.4. The monoisotopic (exact) mass is 380 g/mol. The molecule has 3 aromatic rings. The molecule has 3 heterocycles. The molecule has 1 aliphatic heterocycles. The number of carbonyl (C=O) groups excluding carboxylic acids is 2. The third-order valence-electron chi connectivity index (χ3n) is 5.35. The third kappa shape index (κ3) is 3.52. The molecule has 4 rings (SSSR count). The Kier molecular flexibility index (Phi) is 4.66. The highest BCUT2D eigenvalue weighted by Crippen LogP contribution is 2.24. The second-order valence-electron chi connectivity index (χ2n) is 7.60. The van der Waals surface area contributed by atoms with Crippen molar-refractivity contribution in [3.8, 4) is 0 Å². The van der Waals surface area contributed by atoms with E-state index in [9.17, 15) is 9.59 Å². The van der Waals surface area contributed by atoms with Crippen molar-refractivity contribution in [2.75, 3.05) is 18.4 Å². The Morgan fingerprint density at radius 1 is 1.14 bits per heavy atom. The summed E-state index contributed by atoms with van der Waals surface area (Å²) in [5, 5.41) is 7.65. The largest absolute Gasteiger partial charge is 0.360 e. The molecule has 0 aliphatic carbocycles. The molecule has 146 valence electrons. The molecule has 7 heteroatoms. The molecule has 0 spiro atoms. The van der Waals surface area contributed by atoms with Gasteiger partial charge < -0.3 is 19.7 Å². The molecule has 1 fully saturated rings. The number of benzene rings is 1. The molecule has 1 aliphatic rings. The van der Waals surface area contributed by atoms with Gasteiger partial charge >= 0.3 is 0 Å². The first kappa shape index (κ1) is 18.3. The van der Waals surface area contributed by atoms with Crippen molar-refractivity contribution in [2.45, 2.75) is 33.6 Å². The first-order valence-corrected chi connectivity index (χ1v) is 9.54. The van der Waals surface area contributed by atoms with E-state index in [4.69, 9.17) is 4.52 Å². The van der Waals surface area contributed by atoms with Crippen LogP contribution in [0.4, 0.5) is 5.82 Å². The van der Waals surface area contributed by atoms with Gasteiger partial charge in [-0.2, -0.15) is 0 Å². The average molecular weight is 380 g/mol. The normalized spacial score (nSPS) is 15.2. The van der Waals surface area contributed by atoms with Crippen molar-refractivity contribution in [3.05, 3.63) is 46.8 Å². The van der Waals surface area contributed by atoms with Gasteiger partial charge in [-0.05, 0) is 56.9 Å². The van der Waals surface area contributed by atoms with Crippen LogP contribution in [0.2, 0.25) is 0 Å². The quantitative estimate of drug-likeness (QED) is 0.727. The molecule has 0 saturated carbocycles. The molecule has 2 amide bonds. The van der Waals surface area contributed by atoms with Crippen molar-refractivity contribution in [1.29, 1.82) is 0 Å². The molecular formula is C21H24N4O3. The van der Waals surface area contributed by atoms with E-state index in [0.29, 0.717) is 43.2 Å². The topological polar surface area (TPSA) is 91.2 Å². The number of carbonyl (C=O) groups is 2. The fourth-order valence-electron chi connectivity index (χ4n) is 3.88. The number of hydrogen-bond donors (Lipinski definition) is 2. The summed E-state index contributed by atoms with van der Waals surface area (Å²) in [5.74, 6) is 0.870. The van der Waals surface area contributed by atoms with Gasteiger partial charge in [0, 0.05) is 36.0 Å². The molecule has 1 aromatic carbocycles.